The van der Waals surface area contributed by atoms with E-state index in [9.17, 15) is 19.7 Å². The SMILES string of the molecule is O=C(COc1ccc(Cl)cc1Cl)Nc1cccc(C(=O)OCc2ccc(Oc3ccc([N+](=O)[O-])cc3)cc2)c1. The minimum atomic E-state index is -0.568. The lowest BCUT2D eigenvalue weighted by molar-refractivity contribution is -0.384. The summed E-state index contributed by atoms with van der Waals surface area (Å²) in [7, 11) is 0. The number of esters is 1. The van der Waals surface area contributed by atoms with E-state index in [-0.39, 0.29) is 29.5 Å². The zero-order valence-corrected chi connectivity index (χ0v) is 21.6. The van der Waals surface area contributed by atoms with E-state index in [4.69, 9.17) is 37.4 Å². The number of ether oxygens (including phenoxy) is 3. The highest BCUT2D eigenvalue weighted by Crippen LogP contribution is 2.27. The highest BCUT2D eigenvalue weighted by molar-refractivity contribution is 6.35. The van der Waals surface area contributed by atoms with Crippen molar-refractivity contribution in [2.75, 3.05) is 11.9 Å². The maximum absolute atomic E-state index is 12.6. The molecule has 0 aliphatic carbocycles. The van der Waals surface area contributed by atoms with Crippen LogP contribution in [0.5, 0.6) is 17.2 Å². The Balaban J connectivity index is 1.26. The highest BCUT2D eigenvalue weighted by atomic mass is 35.5. The molecule has 0 bridgehead atoms. The number of amides is 1. The number of carbonyl (C=O) groups is 2. The Morgan fingerprint density at radius 1 is 0.872 bits per heavy atom. The fraction of sp³-hybridized carbons (Fsp3) is 0.0714. The van der Waals surface area contributed by atoms with Crippen LogP contribution < -0.4 is 14.8 Å². The molecule has 0 spiro atoms. The summed E-state index contributed by atoms with van der Waals surface area (Å²) in [4.78, 5) is 35.1. The van der Waals surface area contributed by atoms with Crippen molar-refractivity contribution in [1.82, 2.24) is 0 Å². The maximum atomic E-state index is 12.6. The molecule has 4 aromatic carbocycles. The van der Waals surface area contributed by atoms with E-state index in [1.54, 1.807) is 54.6 Å². The van der Waals surface area contributed by atoms with E-state index in [0.717, 1.165) is 5.56 Å². The van der Waals surface area contributed by atoms with Crippen LogP contribution in [-0.4, -0.2) is 23.4 Å². The summed E-state index contributed by atoms with van der Waals surface area (Å²) in [6.45, 7) is -0.275. The van der Waals surface area contributed by atoms with Gasteiger partial charge < -0.3 is 19.5 Å². The van der Waals surface area contributed by atoms with Crippen LogP contribution in [0.3, 0.4) is 0 Å². The summed E-state index contributed by atoms with van der Waals surface area (Å²) >= 11 is 11.9. The van der Waals surface area contributed by atoms with Gasteiger partial charge in [0.1, 0.15) is 23.9 Å². The van der Waals surface area contributed by atoms with E-state index >= 15 is 0 Å². The Kier molecular flexibility index (Phi) is 8.98. The standard InChI is InChI=1S/C28H20Cl2N2O7/c29-20-6-13-26(25(30)15-20)37-17-27(33)31-21-3-1-2-19(14-21)28(34)38-16-18-4-9-23(10-5-18)39-24-11-7-22(8-12-24)32(35)36/h1-15H,16-17H2,(H,31,33). The number of nitrogens with one attached hydrogen (secondary N) is 1. The monoisotopic (exact) mass is 566 g/mol. The van der Waals surface area contributed by atoms with Crippen LogP contribution in [0.1, 0.15) is 15.9 Å². The molecular weight excluding hydrogens is 547 g/mol. The van der Waals surface area contributed by atoms with Crippen molar-refractivity contribution < 1.29 is 28.7 Å². The van der Waals surface area contributed by atoms with E-state index in [0.29, 0.717) is 28.0 Å². The number of rotatable bonds is 10. The van der Waals surface area contributed by atoms with Gasteiger partial charge in [-0.2, -0.15) is 0 Å². The number of anilines is 1. The quantitative estimate of drug-likeness (QED) is 0.124. The van der Waals surface area contributed by atoms with Crippen LogP contribution in [0.4, 0.5) is 11.4 Å². The van der Waals surface area contributed by atoms with Gasteiger partial charge in [-0.25, -0.2) is 4.79 Å². The predicted molar refractivity (Wildman–Crippen MR) is 146 cm³/mol. The summed E-state index contributed by atoms with van der Waals surface area (Å²) in [6, 6.07) is 23.6. The van der Waals surface area contributed by atoms with Crippen molar-refractivity contribution in [2.45, 2.75) is 6.61 Å². The molecule has 0 radical (unpaired) electrons. The van der Waals surface area contributed by atoms with Crippen LogP contribution in [0, 0.1) is 10.1 Å². The van der Waals surface area contributed by atoms with Gasteiger partial charge in [0.25, 0.3) is 11.6 Å². The molecule has 0 heterocycles. The molecule has 0 saturated heterocycles. The molecular formula is C28H20Cl2N2O7. The van der Waals surface area contributed by atoms with Gasteiger partial charge in [-0.1, -0.05) is 41.4 Å². The van der Waals surface area contributed by atoms with Crippen molar-refractivity contribution in [3.05, 3.63) is 122 Å². The first-order valence-electron chi connectivity index (χ1n) is 11.4. The van der Waals surface area contributed by atoms with Gasteiger partial charge in [-0.15, -0.1) is 0 Å². The molecule has 1 N–H and O–H groups in total. The third-order valence-corrected chi connectivity index (χ3v) is 5.74. The van der Waals surface area contributed by atoms with E-state index < -0.39 is 16.8 Å². The fourth-order valence-corrected chi connectivity index (χ4v) is 3.78. The fourth-order valence-electron chi connectivity index (χ4n) is 3.31. The summed E-state index contributed by atoms with van der Waals surface area (Å²) < 4.78 is 16.5. The lowest BCUT2D eigenvalue weighted by Crippen LogP contribution is -2.20. The Labute approximate surface area is 233 Å². The van der Waals surface area contributed by atoms with Gasteiger partial charge in [0, 0.05) is 22.8 Å². The van der Waals surface area contributed by atoms with Crippen LogP contribution in [0.15, 0.2) is 91.0 Å². The molecule has 1 amide bonds. The highest BCUT2D eigenvalue weighted by Gasteiger charge is 2.12. The smallest absolute Gasteiger partial charge is 0.338 e. The molecule has 0 atom stereocenters. The van der Waals surface area contributed by atoms with Gasteiger partial charge in [0.05, 0.1) is 15.5 Å². The summed E-state index contributed by atoms with van der Waals surface area (Å²) in [5, 5.41) is 14.1. The van der Waals surface area contributed by atoms with Crippen LogP contribution >= 0.6 is 23.2 Å². The third-order valence-electron chi connectivity index (χ3n) is 5.21. The number of benzene rings is 4. The maximum Gasteiger partial charge on any atom is 0.338 e. The molecule has 0 aromatic heterocycles. The number of hydrogen-bond acceptors (Lipinski definition) is 7. The van der Waals surface area contributed by atoms with Gasteiger partial charge in [-0.05, 0) is 66.2 Å². The first-order valence-corrected chi connectivity index (χ1v) is 12.2. The van der Waals surface area contributed by atoms with E-state index in [1.165, 1.54) is 36.4 Å². The van der Waals surface area contributed by atoms with Gasteiger partial charge in [0.15, 0.2) is 6.61 Å². The Bertz CT molecular complexity index is 1490. The van der Waals surface area contributed by atoms with Crippen LogP contribution in [0.25, 0.3) is 0 Å². The first-order chi connectivity index (χ1) is 18.8. The van der Waals surface area contributed by atoms with Crippen molar-refractivity contribution in [2.24, 2.45) is 0 Å². The molecule has 0 aliphatic heterocycles. The molecule has 0 unspecified atom stereocenters. The van der Waals surface area contributed by atoms with Gasteiger partial charge in [-0.3, -0.25) is 14.9 Å². The molecule has 198 valence electrons. The first kappa shape index (κ1) is 27.4. The second-order valence-corrected chi connectivity index (χ2v) is 8.91. The molecule has 4 aromatic rings. The zero-order chi connectivity index (χ0) is 27.8. The lowest BCUT2D eigenvalue weighted by atomic mass is 10.2. The van der Waals surface area contributed by atoms with Crippen molar-refractivity contribution in [3.8, 4) is 17.2 Å². The minimum absolute atomic E-state index is 0.0168. The molecule has 4 rings (SSSR count). The summed E-state index contributed by atoms with van der Waals surface area (Å²) in [6.07, 6.45) is 0. The molecule has 0 aliphatic rings. The Morgan fingerprint density at radius 3 is 2.23 bits per heavy atom. The zero-order valence-electron chi connectivity index (χ0n) is 20.1. The minimum Gasteiger partial charge on any atom is -0.482 e. The molecule has 0 fully saturated rings. The Hall–Kier alpha value is -4.60. The molecule has 0 saturated carbocycles. The van der Waals surface area contributed by atoms with Crippen molar-refractivity contribution >= 4 is 46.5 Å². The number of halogens is 2. The molecule has 9 nitrogen and oxygen atoms in total. The summed E-state index contributed by atoms with van der Waals surface area (Å²) in [5.41, 5.74) is 1.35. The number of hydrogen-bond donors (Lipinski definition) is 1. The number of non-ortho nitro benzene ring substituents is 1. The largest absolute Gasteiger partial charge is 0.482 e. The van der Waals surface area contributed by atoms with Gasteiger partial charge in [0.2, 0.25) is 0 Å². The van der Waals surface area contributed by atoms with Crippen molar-refractivity contribution in [3.63, 3.8) is 0 Å². The van der Waals surface area contributed by atoms with Crippen LogP contribution in [0.2, 0.25) is 10.0 Å². The number of carbonyl (C=O) groups excluding carboxylic acids is 2. The lowest BCUT2D eigenvalue weighted by Gasteiger charge is -2.10. The number of nitro groups is 1. The average Bonchev–Trinajstić information content (AvgIpc) is 2.92. The van der Waals surface area contributed by atoms with Crippen molar-refractivity contribution in [1.29, 1.82) is 0 Å². The molecule has 11 heteroatoms. The number of nitro benzene ring substituents is 1. The Morgan fingerprint density at radius 2 is 1.56 bits per heavy atom. The second kappa shape index (κ2) is 12.8. The normalized spacial score (nSPS) is 10.4. The van der Waals surface area contributed by atoms with Crippen LogP contribution in [-0.2, 0) is 16.1 Å². The van der Waals surface area contributed by atoms with E-state index in [2.05, 4.69) is 5.32 Å². The van der Waals surface area contributed by atoms with Gasteiger partial charge >= 0.3 is 5.97 Å². The summed E-state index contributed by atoms with van der Waals surface area (Å²) in [5.74, 6) is 0.278. The topological polar surface area (TPSA) is 117 Å². The average molecular weight is 567 g/mol. The third kappa shape index (κ3) is 7.94. The van der Waals surface area contributed by atoms with E-state index in [1.807, 2.05) is 0 Å². The second-order valence-electron chi connectivity index (χ2n) is 8.07. The predicted octanol–water partition coefficient (Wildman–Crippen LogP) is 7.07. The molecule has 39 heavy (non-hydrogen) atoms. The number of nitrogens with zero attached hydrogens (tertiary/aromatic N) is 1.